The molecule has 11 N–H and O–H groups in total. The first-order chi connectivity index (χ1) is 42.3. The lowest BCUT2D eigenvalue weighted by Crippen LogP contribution is -2.20. The predicted molar refractivity (Wildman–Crippen MR) is 364 cm³/mol. The average molecular weight is 1320 g/mol. The Balaban J connectivity index is -0.0000000728. The SMILES string of the molecule is CC(C)(C)OCCO.CC(C)COCCO.CC(C)COCCO.CC(C)OCCO.CC(C)OCCO.CCC(C)OCCO.CCC(C)OCCO.CCCCOCCO.CCCCOCCO.CCCOCCO.CCCOCCO.CCOCC. The molecule has 0 amide bonds. The van der Waals surface area contributed by atoms with E-state index in [9.17, 15) is 0 Å². The van der Waals surface area contributed by atoms with Crippen molar-refractivity contribution in [2.24, 2.45) is 11.8 Å². The molecule has 89 heavy (non-hydrogen) atoms. The van der Waals surface area contributed by atoms with Gasteiger partial charge in [-0.25, -0.2) is 0 Å². The van der Waals surface area contributed by atoms with Crippen LogP contribution < -0.4 is 0 Å². The van der Waals surface area contributed by atoms with Gasteiger partial charge in [-0.1, -0.05) is 82.1 Å². The summed E-state index contributed by atoms with van der Waals surface area (Å²) in [6.07, 6.45) is 9.67. The summed E-state index contributed by atoms with van der Waals surface area (Å²) >= 11 is 0. The molecule has 0 aromatic carbocycles. The highest BCUT2D eigenvalue weighted by atomic mass is 16.5. The Morgan fingerprint density at radius 2 is 0.517 bits per heavy atom. The first-order valence-corrected chi connectivity index (χ1v) is 33.2. The maximum absolute atomic E-state index is 8.30. The Bertz CT molecular complexity index is 891. The molecule has 0 saturated heterocycles. The average Bonchev–Trinajstić information content (AvgIpc) is 3.50. The van der Waals surface area contributed by atoms with Crippen molar-refractivity contribution in [3.63, 3.8) is 0 Å². The fourth-order valence-electron chi connectivity index (χ4n) is 4.09. The molecule has 0 rings (SSSR count). The smallest absolute Gasteiger partial charge is 0.0704 e. The molecule has 0 aliphatic rings. The number of aliphatic hydroxyl groups excluding tert-OH is 11. The van der Waals surface area contributed by atoms with E-state index < -0.39 is 0 Å². The van der Waals surface area contributed by atoms with Crippen LogP contribution in [0, 0.1) is 11.8 Å². The van der Waals surface area contributed by atoms with E-state index >= 15 is 0 Å². The number of ether oxygens (including phenoxy) is 12. The number of aliphatic hydroxyl groups is 11. The minimum absolute atomic E-state index is 0.108. The minimum Gasteiger partial charge on any atom is -0.394 e. The van der Waals surface area contributed by atoms with Crippen LogP contribution in [0.4, 0.5) is 0 Å². The highest BCUT2D eigenvalue weighted by Crippen LogP contribution is 2.05. The van der Waals surface area contributed by atoms with Crippen LogP contribution in [0.2, 0.25) is 0 Å². The molecule has 0 heterocycles. The Kier molecular flexibility index (Phi) is 157. The molecular formula is C66H156O23. The zero-order valence-electron chi connectivity index (χ0n) is 61.7. The van der Waals surface area contributed by atoms with E-state index in [1.54, 1.807) is 0 Å². The third kappa shape index (κ3) is 216. The number of hydrogen-bond acceptors (Lipinski definition) is 23. The van der Waals surface area contributed by atoms with E-state index in [0.29, 0.717) is 96.7 Å². The van der Waals surface area contributed by atoms with Gasteiger partial charge >= 0.3 is 0 Å². The normalized spacial score (nSPS) is 10.8. The van der Waals surface area contributed by atoms with Crippen LogP contribution in [0.1, 0.15) is 197 Å². The fraction of sp³-hybridized carbons (Fsp3) is 1.00. The van der Waals surface area contributed by atoms with Crippen LogP contribution in [-0.2, 0) is 56.8 Å². The molecule has 23 heteroatoms. The predicted octanol–water partition coefficient (Wildman–Crippen LogP) is 7.94. The third-order valence-corrected chi connectivity index (χ3v) is 8.55. The van der Waals surface area contributed by atoms with Crippen LogP contribution in [-0.4, -0.2) is 284 Å². The van der Waals surface area contributed by atoms with E-state index in [1.807, 2.05) is 90.0 Å². The topological polar surface area (TPSA) is 333 Å². The molecule has 0 aromatic rings. The summed E-state index contributed by atoms with van der Waals surface area (Å²) in [5, 5.41) is 90.6. The molecule has 0 radical (unpaired) electrons. The second-order valence-corrected chi connectivity index (χ2v) is 20.8. The lowest BCUT2D eigenvalue weighted by atomic mass is 10.2. The second kappa shape index (κ2) is 121. The number of hydrogen-bond donors (Lipinski definition) is 11. The van der Waals surface area contributed by atoms with Gasteiger partial charge in [0.1, 0.15) is 0 Å². The summed E-state index contributed by atoms with van der Waals surface area (Å²) < 4.78 is 59.7. The number of rotatable bonds is 44. The van der Waals surface area contributed by atoms with Crippen molar-refractivity contribution in [1.29, 1.82) is 0 Å². The third-order valence-electron chi connectivity index (χ3n) is 8.55. The van der Waals surface area contributed by atoms with Gasteiger partial charge in [-0.15, -0.1) is 0 Å². The fourth-order valence-corrected chi connectivity index (χ4v) is 4.09. The summed E-state index contributed by atoms with van der Waals surface area (Å²) in [6, 6.07) is 0. The van der Waals surface area contributed by atoms with Gasteiger partial charge in [-0.05, 0) is 127 Å². The van der Waals surface area contributed by atoms with Crippen molar-refractivity contribution in [2.75, 3.05) is 198 Å². The molecule has 23 nitrogen and oxygen atoms in total. The standard InChI is InChI=1S/7C6H14O2.4C5H12O2.C4H10O/c1-6(2,3)8-5-4-7;2*1-6(2)5-8-4-3-7;2*1-3-6(2)8-5-4-7;2*1-2-3-5-8-6-4-7;2*1-5(2)7-4-3-6;2*1-2-4-7-5-3-6;1-3-5-4-2/h7H,4-5H2,1-3H3;4*6-7H,3-5H2,1-2H3;2*7H,2-6H2,1H3;2*5-6H,3-4H2,1-2H3;2*6H,2-5H2,1H3;3-4H2,1-2H3. The van der Waals surface area contributed by atoms with Gasteiger partial charge < -0.3 is 113 Å². The lowest BCUT2D eigenvalue weighted by Gasteiger charge is -2.18. The van der Waals surface area contributed by atoms with Crippen molar-refractivity contribution in [2.45, 2.75) is 227 Å². The molecule has 0 fully saturated rings. The minimum atomic E-state index is -0.108. The molecule has 0 bridgehead atoms. The van der Waals surface area contributed by atoms with Crippen LogP contribution in [0.3, 0.4) is 0 Å². The van der Waals surface area contributed by atoms with Gasteiger partial charge in [-0.3, -0.25) is 0 Å². The van der Waals surface area contributed by atoms with Gasteiger partial charge in [-0.2, -0.15) is 0 Å². The van der Waals surface area contributed by atoms with Gasteiger partial charge in [0.25, 0.3) is 0 Å². The van der Waals surface area contributed by atoms with Crippen molar-refractivity contribution in [3.8, 4) is 0 Å². The molecule has 0 aromatic heterocycles. The van der Waals surface area contributed by atoms with E-state index in [2.05, 4.69) is 55.4 Å². The first-order valence-electron chi connectivity index (χ1n) is 33.2. The molecular weight excluding hydrogens is 1160 g/mol. The number of unbranched alkanes of at least 4 members (excludes halogenated alkanes) is 2. The van der Waals surface area contributed by atoms with E-state index in [0.717, 1.165) is 104 Å². The Labute approximate surface area is 548 Å². The van der Waals surface area contributed by atoms with E-state index in [1.165, 1.54) is 0 Å². The lowest BCUT2D eigenvalue weighted by molar-refractivity contribution is -0.0199. The van der Waals surface area contributed by atoms with Crippen molar-refractivity contribution in [3.05, 3.63) is 0 Å². The highest BCUT2D eigenvalue weighted by Gasteiger charge is 2.08. The molecule has 0 aliphatic heterocycles. The molecule has 558 valence electrons. The summed E-state index contributed by atoms with van der Waals surface area (Å²) in [6.45, 7) is 55.2. The summed E-state index contributed by atoms with van der Waals surface area (Å²) in [7, 11) is 0. The second-order valence-electron chi connectivity index (χ2n) is 20.8. The monoisotopic (exact) mass is 1320 g/mol. The van der Waals surface area contributed by atoms with Crippen LogP contribution >= 0.6 is 0 Å². The maximum atomic E-state index is 8.30. The molecule has 2 unspecified atom stereocenters. The van der Waals surface area contributed by atoms with Gasteiger partial charge in [0, 0.05) is 52.9 Å². The summed E-state index contributed by atoms with van der Waals surface area (Å²) in [5.74, 6) is 1.14. The van der Waals surface area contributed by atoms with Gasteiger partial charge in [0.2, 0.25) is 0 Å². The summed E-state index contributed by atoms with van der Waals surface area (Å²) in [5.41, 5.74) is -0.108. The van der Waals surface area contributed by atoms with Crippen LogP contribution in [0.25, 0.3) is 0 Å². The molecule has 0 saturated carbocycles. The van der Waals surface area contributed by atoms with E-state index in [4.69, 9.17) is 113 Å². The Hall–Kier alpha value is -0.920. The maximum Gasteiger partial charge on any atom is 0.0704 e. The van der Waals surface area contributed by atoms with E-state index in [-0.39, 0.29) is 90.5 Å². The quantitative estimate of drug-likeness (QED) is 0.0258. The van der Waals surface area contributed by atoms with Crippen molar-refractivity contribution in [1.82, 2.24) is 0 Å². The van der Waals surface area contributed by atoms with Crippen molar-refractivity contribution >= 4 is 0 Å². The van der Waals surface area contributed by atoms with Crippen molar-refractivity contribution < 1.29 is 113 Å². The zero-order chi connectivity index (χ0) is 71.3. The van der Waals surface area contributed by atoms with Gasteiger partial charge in [0.15, 0.2) is 0 Å². The Morgan fingerprint density at radius 1 is 0.270 bits per heavy atom. The molecule has 2 atom stereocenters. The van der Waals surface area contributed by atoms with Crippen LogP contribution in [0.5, 0.6) is 0 Å². The Morgan fingerprint density at radius 3 is 0.674 bits per heavy atom. The highest BCUT2D eigenvalue weighted by molar-refractivity contribution is 4.57. The largest absolute Gasteiger partial charge is 0.394 e. The molecule has 0 spiro atoms. The van der Waals surface area contributed by atoms with Gasteiger partial charge in [0.05, 0.1) is 175 Å². The zero-order valence-corrected chi connectivity index (χ0v) is 61.7. The first kappa shape index (κ1) is 115. The summed E-state index contributed by atoms with van der Waals surface area (Å²) in [4.78, 5) is 0. The van der Waals surface area contributed by atoms with Crippen LogP contribution in [0.15, 0.2) is 0 Å². The molecule has 0 aliphatic carbocycles.